The van der Waals surface area contributed by atoms with Crippen molar-refractivity contribution in [3.63, 3.8) is 0 Å². The fourth-order valence-electron chi connectivity index (χ4n) is 0.874. The van der Waals surface area contributed by atoms with Gasteiger partial charge in [-0.05, 0) is 37.1 Å². The van der Waals surface area contributed by atoms with Gasteiger partial charge in [-0.15, -0.1) is 0 Å². The van der Waals surface area contributed by atoms with Crippen LogP contribution in [0, 0.1) is 13.8 Å². The molecular formula is C9H10O2Tl. The van der Waals surface area contributed by atoms with Gasteiger partial charge in [0.05, 0.1) is 5.56 Å². The molecule has 1 aromatic carbocycles. The van der Waals surface area contributed by atoms with Gasteiger partial charge in [0, 0.05) is 27.3 Å². The summed E-state index contributed by atoms with van der Waals surface area (Å²) in [6.45, 7) is 3.86. The van der Waals surface area contributed by atoms with Crippen LogP contribution < -0.4 is 0 Å². The van der Waals surface area contributed by atoms with Crippen LogP contribution in [0.1, 0.15) is 21.5 Å². The molecule has 0 aliphatic heterocycles. The smallest absolute Gasteiger partial charge is 0.335 e. The monoisotopic (exact) mass is 355 g/mol. The fraction of sp³-hybridized carbons (Fsp3) is 0.222. The van der Waals surface area contributed by atoms with Crippen LogP contribution in [-0.4, -0.2) is 38.4 Å². The number of carboxylic acids is 1. The van der Waals surface area contributed by atoms with E-state index in [2.05, 4.69) is 0 Å². The predicted octanol–water partition coefficient (Wildman–Crippen LogP) is 1.62. The molecule has 1 radical (unpaired) electrons. The first-order valence-electron chi connectivity index (χ1n) is 3.42. The van der Waals surface area contributed by atoms with Gasteiger partial charge in [0.2, 0.25) is 0 Å². The van der Waals surface area contributed by atoms with Crippen LogP contribution in [0.2, 0.25) is 0 Å². The SMILES string of the molecule is Cc1ccc(C(=O)O)cc1C.[Tl]. The van der Waals surface area contributed by atoms with Gasteiger partial charge in [-0.3, -0.25) is 0 Å². The normalized spacial score (nSPS) is 8.83. The summed E-state index contributed by atoms with van der Waals surface area (Å²) in [6, 6.07) is 5.11. The minimum atomic E-state index is -0.867. The number of benzene rings is 1. The topological polar surface area (TPSA) is 37.3 Å². The molecule has 1 rings (SSSR count). The molecule has 61 valence electrons. The molecule has 0 aliphatic carbocycles. The quantitative estimate of drug-likeness (QED) is 0.778. The zero-order chi connectivity index (χ0) is 8.43. The van der Waals surface area contributed by atoms with E-state index in [1.165, 1.54) is 0 Å². The van der Waals surface area contributed by atoms with Crippen molar-refractivity contribution in [1.82, 2.24) is 0 Å². The molecule has 1 aromatic rings. The average Bonchev–Trinajstić information content (AvgIpc) is 1.94. The van der Waals surface area contributed by atoms with Crippen molar-refractivity contribution in [3.05, 3.63) is 34.9 Å². The second kappa shape index (κ2) is 4.59. The Balaban J connectivity index is 0.00000121. The molecule has 0 heterocycles. The molecular weight excluding hydrogens is 344 g/mol. The summed E-state index contributed by atoms with van der Waals surface area (Å²) in [4.78, 5) is 10.5. The first-order chi connectivity index (χ1) is 5.11. The molecule has 0 spiro atoms. The van der Waals surface area contributed by atoms with Crippen molar-refractivity contribution in [1.29, 1.82) is 0 Å². The third kappa shape index (κ3) is 2.58. The number of hydrogen-bond acceptors (Lipinski definition) is 1. The standard InChI is InChI=1S/C9H10O2.Tl/c1-6-3-4-8(9(10)11)5-7(6)2;/h3-5H,1-2H3,(H,10,11);. The minimum Gasteiger partial charge on any atom is -0.478 e. The van der Waals surface area contributed by atoms with Gasteiger partial charge in [-0.1, -0.05) is 6.07 Å². The van der Waals surface area contributed by atoms with Crippen molar-refractivity contribution in [2.75, 3.05) is 0 Å². The van der Waals surface area contributed by atoms with Crippen LogP contribution in [0.3, 0.4) is 0 Å². The van der Waals surface area contributed by atoms with E-state index in [9.17, 15) is 4.79 Å². The van der Waals surface area contributed by atoms with Gasteiger partial charge in [0.25, 0.3) is 0 Å². The van der Waals surface area contributed by atoms with E-state index in [0.29, 0.717) is 5.56 Å². The van der Waals surface area contributed by atoms with Crippen molar-refractivity contribution >= 4 is 33.3 Å². The average molecular weight is 355 g/mol. The van der Waals surface area contributed by atoms with E-state index in [0.717, 1.165) is 11.1 Å². The third-order valence-corrected chi connectivity index (χ3v) is 1.75. The van der Waals surface area contributed by atoms with Crippen LogP contribution >= 0.6 is 0 Å². The summed E-state index contributed by atoms with van der Waals surface area (Å²) in [7, 11) is 0. The largest absolute Gasteiger partial charge is 0.478 e. The molecule has 0 aromatic heterocycles. The maximum atomic E-state index is 10.5. The molecule has 12 heavy (non-hydrogen) atoms. The van der Waals surface area contributed by atoms with Crippen molar-refractivity contribution < 1.29 is 9.90 Å². The molecule has 0 bridgehead atoms. The Morgan fingerprint density at radius 1 is 1.25 bits per heavy atom. The molecule has 0 fully saturated rings. The number of rotatable bonds is 1. The van der Waals surface area contributed by atoms with Crippen LogP contribution in [0.5, 0.6) is 0 Å². The molecule has 0 saturated carbocycles. The van der Waals surface area contributed by atoms with E-state index >= 15 is 0 Å². The Hall–Kier alpha value is -0.388. The molecule has 0 amide bonds. The van der Waals surface area contributed by atoms with Crippen LogP contribution in [-0.2, 0) is 0 Å². The number of aromatic carboxylic acids is 1. The molecule has 0 atom stereocenters. The summed E-state index contributed by atoms with van der Waals surface area (Å²) in [5.41, 5.74) is 2.49. The number of hydrogen-bond donors (Lipinski definition) is 1. The van der Waals surface area contributed by atoms with E-state index in [1.807, 2.05) is 19.9 Å². The number of carbonyl (C=O) groups is 1. The molecule has 1 N–H and O–H groups in total. The Morgan fingerprint density at radius 2 is 1.83 bits per heavy atom. The van der Waals surface area contributed by atoms with Crippen LogP contribution in [0.25, 0.3) is 0 Å². The van der Waals surface area contributed by atoms with Crippen molar-refractivity contribution in [3.8, 4) is 0 Å². The third-order valence-electron chi connectivity index (χ3n) is 1.75. The van der Waals surface area contributed by atoms with Gasteiger partial charge in [0.1, 0.15) is 0 Å². The first kappa shape index (κ1) is 11.6. The van der Waals surface area contributed by atoms with Gasteiger partial charge in [-0.2, -0.15) is 0 Å². The maximum Gasteiger partial charge on any atom is 0.335 e. The Kier molecular flexibility index (Phi) is 4.44. The van der Waals surface area contributed by atoms with Crippen molar-refractivity contribution in [2.24, 2.45) is 0 Å². The molecule has 0 saturated heterocycles. The molecule has 0 unspecified atom stereocenters. The number of aryl methyl sites for hydroxylation is 2. The molecule has 0 aliphatic rings. The maximum absolute atomic E-state index is 10.5. The zero-order valence-corrected chi connectivity index (χ0v) is 11.7. The second-order valence-electron chi connectivity index (χ2n) is 2.60. The zero-order valence-electron chi connectivity index (χ0n) is 7.16. The van der Waals surface area contributed by atoms with E-state index in [4.69, 9.17) is 5.11 Å². The second-order valence-corrected chi connectivity index (χ2v) is 2.60. The van der Waals surface area contributed by atoms with Crippen molar-refractivity contribution in [2.45, 2.75) is 13.8 Å². The van der Waals surface area contributed by atoms with Crippen LogP contribution in [0.4, 0.5) is 0 Å². The summed E-state index contributed by atoms with van der Waals surface area (Å²) in [6.07, 6.45) is 0. The summed E-state index contributed by atoms with van der Waals surface area (Å²) in [5, 5.41) is 8.60. The van der Waals surface area contributed by atoms with E-state index < -0.39 is 5.97 Å². The minimum absolute atomic E-state index is 0. The molecule has 2 nitrogen and oxygen atoms in total. The van der Waals surface area contributed by atoms with Gasteiger partial charge >= 0.3 is 5.97 Å². The summed E-state index contributed by atoms with van der Waals surface area (Å²) >= 11 is 0. The van der Waals surface area contributed by atoms with Crippen LogP contribution in [0.15, 0.2) is 18.2 Å². The van der Waals surface area contributed by atoms with Gasteiger partial charge in [-0.25, -0.2) is 4.79 Å². The Bertz CT molecular complexity index is 295. The summed E-state index contributed by atoms with van der Waals surface area (Å²) < 4.78 is 0. The first-order valence-corrected chi connectivity index (χ1v) is 3.42. The number of carboxylic acid groups (broad SMARTS) is 1. The van der Waals surface area contributed by atoms with Gasteiger partial charge in [0.15, 0.2) is 0 Å². The molecule has 3 heteroatoms. The van der Waals surface area contributed by atoms with E-state index in [1.54, 1.807) is 12.1 Å². The van der Waals surface area contributed by atoms with E-state index in [-0.39, 0.29) is 27.3 Å². The Morgan fingerprint density at radius 3 is 2.25 bits per heavy atom. The predicted molar refractivity (Wildman–Crippen MR) is 48.6 cm³/mol. The summed E-state index contributed by atoms with van der Waals surface area (Å²) in [5.74, 6) is -0.867. The van der Waals surface area contributed by atoms with Gasteiger partial charge < -0.3 is 5.11 Å². The Labute approximate surface area is 91.8 Å². The fourth-order valence-corrected chi connectivity index (χ4v) is 0.874.